The Morgan fingerprint density at radius 1 is 0.762 bits per heavy atom. The Bertz CT molecular complexity index is 750. The summed E-state index contributed by atoms with van der Waals surface area (Å²) in [6, 6.07) is 10.1. The standard InChI is InChI=1S/C14H10Cl2N4O/c15-11-5-7(17)1-3-9(11)13-19-20-14(21-13)10-4-2-8(18)6-12(10)16/h1-6H,17-18H2. The molecule has 0 spiro atoms. The van der Waals surface area contributed by atoms with Crippen LogP contribution in [-0.4, -0.2) is 10.2 Å². The average molecular weight is 321 g/mol. The van der Waals surface area contributed by atoms with Crippen LogP contribution in [0.25, 0.3) is 22.9 Å². The van der Waals surface area contributed by atoms with Crippen molar-refractivity contribution in [3.8, 4) is 22.9 Å². The topological polar surface area (TPSA) is 91.0 Å². The Labute approximate surface area is 130 Å². The van der Waals surface area contributed by atoms with Gasteiger partial charge in [0.05, 0.1) is 21.2 Å². The quantitative estimate of drug-likeness (QED) is 0.699. The van der Waals surface area contributed by atoms with Crippen LogP contribution in [0.3, 0.4) is 0 Å². The second kappa shape index (κ2) is 5.27. The summed E-state index contributed by atoms with van der Waals surface area (Å²) in [6.07, 6.45) is 0. The first-order chi connectivity index (χ1) is 10.0. The van der Waals surface area contributed by atoms with Crippen molar-refractivity contribution in [2.24, 2.45) is 0 Å². The van der Waals surface area contributed by atoms with Gasteiger partial charge in [-0.05, 0) is 36.4 Å². The Hall–Kier alpha value is -2.24. The number of nitrogens with two attached hydrogens (primary N) is 2. The van der Waals surface area contributed by atoms with Crippen LogP contribution in [0.2, 0.25) is 10.0 Å². The molecule has 0 saturated heterocycles. The fourth-order valence-electron chi connectivity index (χ4n) is 1.85. The minimum atomic E-state index is 0.294. The molecule has 0 atom stereocenters. The predicted molar refractivity (Wildman–Crippen MR) is 84.0 cm³/mol. The van der Waals surface area contributed by atoms with Gasteiger partial charge in [0.1, 0.15) is 0 Å². The van der Waals surface area contributed by atoms with Gasteiger partial charge in [-0.15, -0.1) is 10.2 Å². The summed E-state index contributed by atoms with van der Waals surface area (Å²) in [5.74, 6) is 0.589. The molecule has 0 fully saturated rings. The van der Waals surface area contributed by atoms with Gasteiger partial charge in [-0.2, -0.15) is 0 Å². The zero-order valence-corrected chi connectivity index (χ0v) is 12.2. The van der Waals surface area contributed by atoms with E-state index < -0.39 is 0 Å². The first-order valence-electron chi connectivity index (χ1n) is 5.99. The van der Waals surface area contributed by atoms with Crippen LogP contribution >= 0.6 is 23.2 Å². The fraction of sp³-hybridized carbons (Fsp3) is 0. The Morgan fingerprint density at radius 2 is 1.19 bits per heavy atom. The van der Waals surface area contributed by atoms with Crippen LogP contribution in [0.4, 0.5) is 11.4 Å². The average Bonchev–Trinajstić information content (AvgIpc) is 2.87. The molecule has 0 aliphatic heterocycles. The molecule has 106 valence electrons. The van der Waals surface area contributed by atoms with Gasteiger partial charge in [-0.1, -0.05) is 23.2 Å². The minimum absolute atomic E-state index is 0.294. The molecule has 3 aromatic rings. The number of hydrogen-bond donors (Lipinski definition) is 2. The van der Waals surface area contributed by atoms with Gasteiger partial charge in [0, 0.05) is 11.4 Å². The van der Waals surface area contributed by atoms with Gasteiger partial charge in [0.2, 0.25) is 11.8 Å². The van der Waals surface area contributed by atoms with Crippen molar-refractivity contribution in [3.63, 3.8) is 0 Å². The second-order valence-electron chi connectivity index (χ2n) is 4.39. The third-order valence-electron chi connectivity index (χ3n) is 2.87. The Balaban J connectivity index is 2.03. The van der Waals surface area contributed by atoms with Crippen molar-refractivity contribution < 1.29 is 4.42 Å². The first kappa shape index (κ1) is 13.7. The predicted octanol–water partition coefficient (Wildman–Crippen LogP) is 3.87. The molecular weight excluding hydrogens is 311 g/mol. The van der Waals surface area contributed by atoms with Gasteiger partial charge >= 0.3 is 0 Å². The lowest BCUT2D eigenvalue weighted by atomic mass is 10.2. The number of anilines is 2. The lowest BCUT2D eigenvalue weighted by Crippen LogP contribution is -1.86. The molecule has 0 saturated carbocycles. The number of benzene rings is 2. The highest BCUT2D eigenvalue weighted by Crippen LogP contribution is 2.33. The van der Waals surface area contributed by atoms with Gasteiger partial charge in [0.25, 0.3) is 0 Å². The molecule has 4 N–H and O–H groups in total. The van der Waals surface area contributed by atoms with E-state index in [1.807, 2.05) is 0 Å². The monoisotopic (exact) mass is 320 g/mol. The van der Waals surface area contributed by atoms with Crippen molar-refractivity contribution in [1.29, 1.82) is 0 Å². The number of nitrogen functional groups attached to an aromatic ring is 2. The largest absolute Gasteiger partial charge is 0.416 e. The molecule has 0 aliphatic carbocycles. The van der Waals surface area contributed by atoms with Gasteiger partial charge in [0.15, 0.2) is 0 Å². The summed E-state index contributed by atoms with van der Waals surface area (Å²) in [4.78, 5) is 0. The SMILES string of the molecule is Nc1ccc(-c2nnc(-c3ccc(N)cc3Cl)o2)c(Cl)c1. The second-order valence-corrected chi connectivity index (χ2v) is 5.21. The molecule has 2 aromatic carbocycles. The van der Waals surface area contributed by atoms with Gasteiger partial charge in [-0.25, -0.2) is 0 Å². The lowest BCUT2D eigenvalue weighted by Gasteiger charge is -2.01. The van der Waals surface area contributed by atoms with Crippen LogP contribution in [0.5, 0.6) is 0 Å². The zero-order valence-electron chi connectivity index (χ0n) is 10.7. The molecule has 0 radical (unpaired) electrons. The number of halogens is 2. The lowest BCUT2D eigenvalue weighted by molar-refractivity contribution is 0.584. The molecule has 0 unspecified atom stereocenters. The van der Waals surface area contributed by atoms with Crippen molar-refractivity contribution >= 4 is 34.6 Å². The summed E-state index contributed by atoms with van der Waals surface area (Å²) < 4.78 is 5.62. The summed E-state index contributed by atoms with van der Waals surface area (Å²) in [5.41, 5.74) is 13.6. The highest BCUT2D eigenvalue weighted by molar-refractivity contribution is 6.33. The van der Waals surface area contributed by atoms with E-state index in [0.29, 0.717) is 44.3 Å². The Morgan fingerprint density at radius 3 is 1.57 bits per heavy atom. The minimum Gasteiger partial charge on any atom is -0.416 e. The summed E-state index contributed by atoms with van der Waals surface area (Å²) >= 11 is 12.2. The number of aromatic nitrogens is 2. The molecular formula is C14H10Cl2N4O. The zero-order chi connectivity index (χ0) is 15.0. The molecule has 5 nitrogen and oxygen atoms in total. The Kier molecular flexibility index (Phi) is 3.45. The smallest absolute Gasteiger partial charge is 0.249 e. The van der Waals surface area contributed by atoms with Crippen molar-refractivity contribution in [3.05, 3.63) is 46.4 Å². The van der Waals surface area contributed by atoms with E-state index in [1.165, 1.54) is 0 Å². The van der Waals surface area contributed by atoms with Crippen molar-refractivity contribution in [1.82, 2.24) is 10.2 Å². The summed E-state index contributed by atoms with van der Waals surface area (Å²) in [5, 5.41) is 8.85. The maximum absolute atomic E-state index is 6.12. The van der Waals surface area contributed by atoms with E-state index in [4.69, 9.17) is 39.1 Å². The molecule has 1 heterocycles. The van der Waals surface area contributed by atoms with Crippen LogP contribution in [0.15, 0.2) is 40.8 Å². The summed E-state index contributed by atoms with van der Waals surface area (Å²) in [7, 11) is 0. The van der Waals surface area contributed by atoms with Crippen LogP contribution in [0.1, 0.15) is 0 Å². The van der Waals surface area contributed by atoms with Crippen molar-refractivity contribution in [2.75, 3.05) is 11.5 Å². The van der Waals surface area contributed by atoms with E-state index in [1.54, 1.807) is 36.4 Å². The van der Waals surface area contributed by atoms with E-state index in [-0.39, 0.29) is 0 Å². The highest BCUT2D eigenvalue weighted by Gasteiger charge is 2.15. The molecule has 1 aromatic heterocycles. The number of nitrogens with zero attached hydrogens (tertiary/aromatic N) is 2. The fourth-order valence-corrected chi connectivity index (χ4v) is 2.39. The van der Waals surface area contributed by atoms with Crippen molar-refractivity contribution in [2.45, 2.75) is 0 Å². The maximum atomic E-state index is 6.12. The van der Waals surface area contributed by atoms with E-state index >= 15 is 0 Å². The maximum Gasteiger partial charge on any atom is 0.249 e. The van der Waals surface area contributed by atoms with Crippen LogP contribution < -0.4 is 11.5 Å². The van der Waals surface area contributed by atoms with Crippen LogP contribution in [0, 0.1) is 0 Å². The highest BCUT2D eigenvalue weighted by atomic mass is 35.5. The first-order valence-corrected chi connectivity index (χ1v) is 6.74. The normalized spacial score (nSPS) is 10.8. The molecule has 0 bridgehead atoms. The van der Waals surface area contributed by atoms with E-state index in [9.17, 15) is 0 Å². The van der Waals surface area contributed by atoms with Crippen LogP contribution in [-0.2, 0) is 0 Å². The molecule has 7 heteroatoms. The molecule has 21 heavy (non-hydrogen) atoms. The molecule has 0 aliphatic rings. The van der Waals surface area contributed by atoms with E-state index in [2.05, 4.69) is 10.2 Å². The number of rotatable bonds is 2. The third kappa shape index (κ3) is 2.66. The third-order valence-corrected chi connectivity index (χ3v) is 3.50. The number of hydrogen-bond acceptors (Lipinski definition) is 5. The van der Waals surface area contributed by atoms with E-state index in [0.717, 1.165) is 0 Å². The van der Waals surface area contributed by atoms with Gasteiger partial charge < -0.3 is 15.9 Å². The summed E-state index contributed by atoms with van der Waals surface area (Å²) in [6.45, 7) is 0. The molecule has 3 rings (SSSR count). The molecule has 0 amide bonds. The van der Waals surface area contributed by atoms with Gasteiger partial charge in [-0.3, -0.25) is 0 Å².